The molecule has 22 heavy (non-hydrogen) atoms. The van der Waals surface area contributed by atoms with Crippen LogP contribution in [0.1, 0.15) is 13.8 Å². The van der Waals surface area contributed by atoms with Crippen molar-refractivity contribution >= 4 is 21.1 Å². The van der Waals surface area contributed by atoms with Crippen LogP contribution in [0.5, 0.6) is 0 Å². The van der Waals surface area contributed by atoms with Crippen LogP contribution >= 0.6 is 0 Å². The Balaban J connectivity index is 2.05. The van der Waals surface area contributed by atoms with Gasteiger partial charge < -0.3 is 14.6 Å². The van der Waals surface area contributed by atoms with Crippen LogP contribution in [-0.4, -0.2) is 35.1 Å². The van der Waals surface area contributed by atoms with Gasteiger partial charge in [0.15, 0.2) is 9.76 Å². The lowest BCUT2D eigenvalue weighted by atomic mass is 10.2. The maximum atomic E-state index is 5.55. The summed E-state index contributed by atoms with van der Waals surface area (Å²) in [6.07, 6.45) is 0. The quantitative estimate of drug-likeness (QED) is 0.758. The molecule has 0 radical (unpaired) electrons. The van der Waals surface area contributed by atoms with Crippen molar-refractivity contribution in [3.05, 3.63) is 60.7 Å². The van der Waals surface area contributed by atoms with Gasteiger partial charge in [-0.05, 0) is 38.1 Å². The van der Waals surface area contributed by atoms with E-state index in [1.165, 1.54) is 5.69 Å². The van der Waals surface area contributed by atoms with E-state index >= 15 is 0 Å². The van der Waals surface area contributed by atoms with Gasteiger partial charge in [-0.15, -0.1) is 0 Å². The third kappa shape index (κ3) is 4.61. The van der Waals surface area contributed by atoms with E-state index in [2.05, 4.69) is 78.7 Å². The van der Waals surface area contributed by atoms with E-state index in [1.54, 1.807) is 0 Å². The van der Waals surface area contributed by atoms with E-state index in [0.717, 1.165) is 18.8 Å². The molecule has 0 saturated carbocycles. The van der Waals surface area contributed by atoms with Gasteiger partial charge in [0.2, 0.25) is 0 Å². The normalized spacial score (nSPS) is 11.8. The molecule has 0 aliphatic rings. The highest BCUT2D eigenvalue weighted by Gasteiger charge is 2.27. The Morgan fingerprint density at radius 1 is 1.00 bits per heavy atom. The fourth-order valence-electron chi connectivity index (χ4n) is 2.69. The Morgan fingerprint density at radius 3 is 2.18 bits per heavy atom. The Kier molecular flexibility index (Phi) is 6.04. The first-order valence-electron chi connectivity index (χ1n) is 7.74. The van der Waals surface area contributed by atoms with Crippen molar-refractivity contribution in [1.82, 2.24) is 0 Å². The molecule has 2 rings (SSSR count). The molecule has 0 aliphatic carbocycles. The van der Waals surface area contributed by atoms with Gasteiger partial charge in [0.25, 0.3) is 0 Å². The number of para-hydroxylation sites is 2. The predicted octanol–water partition coefficient (Wildman–Crippen LogP) is 3.07. The fraction of sp³-hybridized carbons (Fsp3) is 0.333. The molecule has 0 unspecified atom stereocenters. The average molecular weight is 315 g/mol. The van der Waals surface area contributed by atoms with Gasteiger partial charge in [-0.2, -0.15) is 0 Å². The molecule has 4 heteroatoms. The minimum atomic E-state index is -0.634. The summed E-state index contributed by atoms with van der Waals surface area (Å²) >= 11 is 0. The third-order valence-corrected chi connectivity index (χ3v) is 5.11. The Labute approximate surface area is 136 Å². The van der Waals surface area contributed by atoms with Crippen molar-refractivity contribution in [2.45, 2.75) is 19.0 Å². The number of anilines is 2. The maximum absolute atomic E-state index is 5.55. The summed E-state index contributed by atoms with van der Waals surface area (Å²) < 4.78 is 5.55. The maximum Gasteiger partial charge on any atom is 0.185 e. The number of nitrogens with one attached hydrogen (secondary N) is 1. The van der Waals surface area contributed by atoms with Crippen molar-refractivity contribution in [2.75, 3.05) is 30.4 Å². The molecular formula is C18H26N2OSi. The summed E-state index contributed by atoms with van der Waals surface area (Å²) in [7, 11) is 1.18. The summed E-state index contributed by atoms with van der Waals surface area (Å²) in [4.78, 5) is 2.46. The molecule has 0 amide bonds. The number of hydrogen-bond donors (Lipinski definition) is 1. The highest BCUT2D eigenvalue weighted by molar-refractivity contribution is 6.33. The van der Waals surface area contributed by atoms with E-state index in [4.69, 9.17) is 4.43 Å². The second-order valence-corrected chi connectivity index (χ2v) is 8.62. The minimum absolute atomic E-state index is 0.0778. The largest absolute Gasteiger partial charge is 0.425 e. The molecule has 2 aromatic carbocycles. The zero-order valence-electron chi connectivity index (χ0n) is 13.8. The highest BCUT2D eigenvalue weighted by atomic mass is 28.2. The van der Waals surface area contributed by atoms with Crippen molar-refractivity contribution in [3.63, 3.8) is 0 Å². The van der Waals surface area contributed by atoms with Gasteiger partial charge in [-0.3, -0.25) is 0 Å². The topological polar surface area (TPSA) is 24.5 Å². The lowest BCUT2D eigenvalue weighted by molar-refractivity contribution is 0.407. The lowest BCUT2D eigenvalue weighted by Crippen LogP contribution is -2.51. The molecule has 0 atom stereocenters. The van der Waals surface area contributed by atoms with E-state index in [-0.39, 0.29) is 5.16 Å². The van der Waals surface area contributed by atoms with Gasteiger partial charge in [-0.1, -0.05) is 36.4 Å². The molecule has 0 spiro atoms. The summed E-state index contributed by atoms with van der Waals surface area (Å²) in [6.45, 7) is 6.40. The van der Waals surface area contributed by atoms with Crippen LogP contribution in [0.15, 0.2) is 60.7 Å². The van der Waals surface area contributed by atoms with Gasteiger partial charge in [0.05, 0.1) is 0 Å². The molecule has 0 heterocycles. The number of benzene rings is 2. The average Bonchev–Trinajstić information content (AvgIpc) is 2.53. The van der Waals surface area contributed by atoms with Crippen LogP contribution in [0.25, 0.3) is 0 Å². The third-order valence-electron chi connectivity index (χ3n) is 3.73. The fourth-order valence-corrected chi connectivity index (χ4v) is 3.89. The molecule has 1 N–H and O–H groups in total. The smallest absolute Gasteiger partial charge is 0.185 e. The predicted molar refractivity (Wildman–Crippen MR) is 98.4 cm³/mol. The zero-order chi connectivity index (χ0) is 15.8. The summed E-state index contributed by atoms with van der Waals surface area (Å²) in [5, 5.41) is 3.57. The van der Waals surface area contributed by atoms with E-state index in [1.807, 2.05) is 13.2 Å². The van der Waals surface area contributed by atoms with Gasteiger partial charge >= 0.3 is 0 Å². The van der Waals surface area contributed by atoms with Crippen LogP contribution < -0.4 is 10.2 Å². The van der Waals surface area contributed by atoms with Crippen LogP contribution in [0, 0.1) is 0 Å². The molecular weight excluding hydrogens is 288 g/mol. The molecule has 3 nitrogen and oxygen atoms in total. The Bertz CT molecular complexity index is 546. The van der Waals surface area contributed by atoms with Gasteiger partial charge in [-0.25, -0.2) is 0 Å². The van der Waals surface area contributed by atoms with Gasteiger partial charge in [0, 0.05) is 36.7 Å². The summed E-state index contributed by atoms with van der Waals surface area (Å²) in [6, 6.07) is 20.9. The molecule has 0 fully saturated rings. The van der Waals surface area contributed by atoms with Crippen molar-refractivity contribution in [1.29, 1.82) is 0 Å². The van der Waals surface area contributed by atoms with Gasteiger partial charge in [0.1, 0.15) is 0 Å². The highest BCUT2D eigenvalue weighted by Crippen LogP contribution is 2.23. The first-order valence-corrected chi connectivity index (χ1v) is 9.02. The Morgan fingerprint density at radius 2 is 1.59 bits per heavy atom. The van der Waals surface area contributed by atoms with Crippen molar-refractivity contribution in [2.24, 2.45) is 0 Å². The monoisotopic (exact) mass is 314 g/mol. The Hall–Kier alpha value is -1.78. The summed E-state index contributed by atoms with van der Waals surface area (Å²) in [5.41, 5.74) is 2.42. The molecule has 2 aromatic rings. The molecule has 0 aromatic heterocycles. The number of rotatable bonds is 8. The molecule has 0 bridgehead atoms. The zero-order valence-corrected chi connectivity index (χ0v) is 15.2. The van der Waals surface area contributed by atoms with Crippen molar-refractivity contribution < 1.29 is 4.43 Å². The van der Waals surface area contributed by atoms with Crippen molar-refractivity contribution in [3.8, 4) is 0 Å². The second-order valence-electron chi connectivity index (χ2n) is 6.03. The van der Waals surface area contributed by atoms with E-state index < -0.39 is 9.76 Å². The van der Waals surface area contributed by atoms with E-state index in [9.17, 15) is 0 Å². The van der Waals surface area contributed by atoms with Crippen LogP contribution in [0.3, 0.4) is 0 Å². The second kappa shape index (κ2) is 8.01. The SMILES string of the molecule is CO[SiH2]C(C)(C)N(CCNc1ccccc1)c1ccccc1. The standard InChI is InChI=1S/C18H26N2OSi/c1-18(2,22-21-3)20(17-12-8-5-9-13-17)15-14-19-16-10-6-4-7-11-16/h4-13,19H,14-15,22H2,1-3H3. The molecule has 118 valence electrons. The molecule has 0 aliphatic heterocycles. The first kappa shape index (κ1) is 16.6. The lowest BCUT2D eigenvalue weighted by Gasteiger charge is -2.40. The summed E-state index contributed by atoms with van der Waals surface area (Å²) in [5.74, 6) is 0. The van der Waals surface area contributed by atoms with Crippen LogP contribution in [0.2, 0.25) is 0 Å². The number of hydrogen-bond acceptors (Lipinski definition) is 3. The molecule has 0 saturated heterocycles. The van der Waals surface area contributed by atoms with E-state index in [0.29, 0.717) is 0 Å². The first-order chi connectivity index (χ1) is 10.6. The minimum Gasteiger partial charge on any atom is -0.425 e. The van der Waals surface area contributed by atoms with Crippen LogP contribution in [0.4, 0.5) is 11.4 Å². The van der Waals surface area contributed by atoms with Crippen LogP contribution in [-0.2, 0) is 4.43 Å². The number of nitrogens with zero attached hydrogens (tertiary/aromatic N) is 1.